The molecule has 2 aromatic carbocycles. The summed E-state index contributed by atoms with van der Waals surface area (Å²) in [6.45, 7) is 0.807. The number of benzene rings is 2. The molecule has 0 saturated carbocycles. The lowest BCUT2D eigenvalue weighted by atomic mass is 10.0. The average Bonchev–Trinajstić information content (AvgIpc) is 2.98. The van der Waals surface area contributed by atoms with Crippen LogP contribution in [0.1, 0.15) is 29.2 Å². The minimum atomic E-state index is -0.557. The van der Waals surface area contributed by atoms with Gasteiger partial charge in [-0.25, -0.2) is 4.39 Å². The molecule has 1 N–H and O–H groups in total. The number of aliphatic hydroxyl groups excluding tert-OH is 1. The van der Waals surface area contributed by atoms with Gasteiger partial charge >= 0.3 is 0 Å². The fraction of sp³-hybridized carbons (Fsp3) is 0.350. The van der Waals surface area contributed by atoms with Gasteiger partial charge in [0.25, 0.3) is 0 Å². The summed E-state index contributed by atoms with van der Waals surface area (Å²) in [4.78, 5) is 14.5. The molecule has 1 saturated heterocycles. The highest BCUT2D eigenvalue weighted by Gasteiger charge is 2.35. The van der Waals surface area contributed by atoms with Gasteiger partial charge < -0.3 is 14.7 Å². The molecule has 0 aromatic heterocycles. The Labute approximate surface area is 146 Å². The predicted molar refractivity (Wildman–Crippen MR) is 92.3 cm³/mol. The van der Waals surface area contributed by atoms with Crippen LogP contribution >= 0.6 is 0 Å². The van der Waals surface area contributed by atoms with E-state index in [0.717, 1.165) is 16.7 Å². The number of methoxy groups -OCH3 is 1. The molecule has 2 atom stereocenters. The minimum Gasteiger partial charge on any atom is -0.391 e. The highest BCUT2D eigenvalue weighted by atomic mass is 19.1. The van der Waals surface area contributed by atoms with Gasteiger partial charge in [0.05, 0.1) is 25.2 Å². The number of rotatable bonds is 5. The molecule has 1 aliphatic heterocycles. The number of carbonyl (C=O) groups is 1. The maximum absolute atomic E-state index is 13.2. The van der Waals surface area contributed by atoms with E-state index in [-0.39, 0.29) is 24.2 Å². The monoisotopic (exact) mass is 343 g/mol. The molecule has 1 amide bonds. The molecule has 2 aromatic rings. The zero-order chi connectivity index (χ0) is 17.8. The summed E-state index contributed by atoms with van der Waals surface area (Å²) in [7, 11) is 1.64. The number of aliphatic hydroxyl groups is 1. The van der Waals surface area contributed by atoms with E-state index in [4.69, 9.17) is 4.74 Å². The molecule has 4 nitrogen and oxygen atoms in total. The van der Waals surface area contributed by atoms with E-state index >= 15 is 0 Å². The van der Waals surface area contributed by atoms with Crippen molar-refractivity contribution in [3.63, 3.8) is 0 Å². The lowest BCUT2D eigenvalue weighted by molar-refractivity contribution is -0.131. The van der Waals surface area contributed by atoms with E-state index in [2.05, 4.69) is 0 Å². The van der Waals surface area contributed by atoms with Crippen LogP contribution in [0, 0.1) is 5.82 Å². The van der Waals surface area contributed by atoms with Gasteiger partial charge in [-0.2, -0.15) is 0 Å². The number of β-amino-alcohol motifs (C(OH)–C–C–N with tert-alkyl or cyclic N) is 1. The van der Waals surface area contributed by atoms with Gasteiger partial charge in [-0.05, 0) is 35.2 Å². The lowest BCUT2D eigenvalue weighted by Crippen LogP contribution is -2.33. The van der Waals surface area contributed by atoms with E-state index in [1.807, 2.05) is 24.3 Å². The molecule has 0 aliphatic carbocycles. The van der Waals surface area contributed by atoms with Crippen molar-refractivity contribution < 1.29 is 19.0 Å². The summed E-state index contributed by atoms with van der Waals surface area (Å²) in [6.07, 6.45) is 0.183. The molecule has 0 bridgehead atoms. The predicted octanol–water partition coefficient (Wildman–Crippen LogP) is 2.85. The Bertz CT molecular complexity index is 732. The van der Waals surface area contributed by atoms with Crippen molar-refractivity contribution in [2.75, 3.05) is 13.7 Å². The Morgan fingerprint density at radius 1 is 1.24 bits per heavy atom. The van der Waals surface area contributed by atoms with Gasteiger partial charge in [0.2, 0.25) is 5.91 Å². The van der Waals surface area contributed by atoms with Crippen molar-refractivity contribution in [2.24, 2.45) is 0 Å². The van der Waals surface area contributed by atoms with Crippen LogP contribution in [0.5, 0.6) is 0 Å². The molecular weight excluding hydrogens is 321 g/mol. The van der Waals surface area contributed by atoms with Gasteiger partial charge in [0.1, 0.15) is 5.82 Å². The minimum absolute atomic E-state index is 0.0413. The van der Waals surface area contributed by atoms with Crippen molar-refractivity contribution in [1.82, 2.24) is 4.90 Å². The second-order valence-corrected chi connectivity index (χ2v) is 6.43. The Morgan fingerprint density at radius 3 is 2.68 bits per heavy atom. The largest absolute Gasteiger partial charge is 0.391 e. The number of amides is 1. The van der Waals surface area contributed by atoms with Crippen molar-refractivity contribution in [1.29, 1.82) is 0 Å². The van der Waals surface area contributed by atoms with Crippen LogP contribution < -0.4 is 0 Å². The molecule has 5 heteroatoms. The topological polar surface area (TPSA) is 49.8 Å². The Balaban J connectivity index is 1.75. The maximum atomic E-state index is 13.2. The Kier molecular flexibility index (Phi) is 5.46. The number of ether oxygens (including phenoxy) is 1. The summed E-state index contributed by atoms with van der Waals surface area (Å²) < 4.78 is 18.3. The first-order valence-corrected chi connectivity index (χ1v) is 8.36. The van der Waals surface area contributed by atoms with Crippen molar-refractivity contribution in [2.45, 2.75) is 31.6 Å². The molecule has 1 heterocycles. The van der Waals surface area contributed by atoms with Crippen LogP contribution in [0.15, 0.2) is 48.5 Å². The summed E-state index contributed by atoms with van der Waals surface area (Å²) in [5.41, 5.74) is 2.78. The summed E-state index contributed by atoms with van der Waals surface area (Å²) >= 11 is 0. The summed E-state index contributed by atoms with van der Waals surface area (Å²) in [5, 5.41) is 10.0. The first kappa shape index (κ1) is 17.6. The molecule has 132 valence electrons. The van der Waals surface area contributed by atoms with E-state index in [9.17, 15) is 14.3 Å². The maximum Gasteiger partial charge on any atom is 0.227 e. The average molecular weight is 343 g/mol. The number of hydrogen-bond acceptors (Lipinski definition) is 3. The van der Waals surface area contributed by atoms with Gasteiger partial charge in [-0.15, -0.1) is 0 Å². The molecule has 1 aliphatic rings. The van der Waals surface area contributed by atoms with Crippen LogP contribution in [-0.2, 0) is 22.6 Å². The van der Waals surface area contributed by atoms with Crippen molar-refractivity contribution in [3.8, 4) is 0 Å². The van der Waals surface area contributed by atoms with E-state index in [1.165, 1.54) is 12.1 Å². The quantitative estimate of drug-likeness (QED) is 0.908. The third kappa shape index (κ3) is 4.24. The first-order valence-electron chi connectivity index (χ1n) is 8.36. The molecule has 3 rings (SSSR count). The van der Waals surface area contributed by atoms with E-state index in [0.29, 0.717) is 19.6 Å². The third-order valence-electron chi connectivity index (χ3n) is 4.51. The first-order chi connectivity index (χ1) is 12.1. The Morgan fingerprint density at radius 2 is 1.96 bits per heavy atom. The van der Waals surface area contributed by atoms with Gasteiger partial charge in [0, 0.05) is 13.7 Å². The molecular formula is C20H22FNO3. The number of likely N-dealkylation sites (tertiary alicyclic amines) is 1. The number of halogens is 1. The number of carbonyl (C=O) groups excluding carboxylic acids is 1. The second kappa shape index (κ2) is 7.76. The van der Waals surface area contributed by atoms with Gasteiger partial charge in [0.15, 0.2) is 0 Å². The van der Waals surface area contributed by atoms with Crippen molar-refractivity contribution in [3.05, 3.63) is 71.0 Å². The van der Waals surface area contributed by atoms with Crippen LogP contribution in [0.4, 0.5) is 4.39 Å². The number of hydrogen-bond donors (Lipinski definition) is 1. The van der Waals surface area contributed by atoms with Gasteiger partial charge in [-0.1, -0.05) is 36.4 Å². The van der Waals surface area contributed by atoms with Gasteiger partial charge in [-0.3, -0.25) is 4.79 Å². The Hall–Kier alpha value is -2.24. The SMILES string of the molecule is COCc1cccc(CC(=O)N2C[C@H](O)C[C@H]2c2ccc(F)cc2)c1. The molecule has 0 radical (unpaired) electrons. The van der Waals surface area contributed by atoms with E-state index in [1.54, 1.807) is 24.1 Å². The fourth-order valence-corrected chi connectivity index (χ4v) is 3.36. The van der Waals surface area contributed by atoms with Crippen LogP contribution in [0.2, 0.25) is 0 Å². The highest BCUT2D eigenvalue weighted by Crippen LogP contribution is 2.32. The zero-order valence-electron chi connectivity index (χ0n) is 14.2. The molecule has 0 unspecified atom stereocenters. The van der Waals surface area contributed by atoms with Crippen LogP contribution in [-0.4, -0.2) is 35.7 Å². The lowest BCUT2D eigenvalue weighted by Gasteiger charge is -2.25. The standard InChI is InChI=1S/C20H22FNO3/c1-25-13-15-4-2-3-14(9-15)10-20(24)22-12-18(23)11-19(22)16-5-7-17(21)8-6-16/h2-9,18-19,23H,10-13H2,1H3/t18-,19+/m1/s1. The fourth-order valence-electron chi connectivity index (χ4n) is 3.36. The summed E-state index contributed by atoms with van der Waals surface area (Å²) in [5.74, 6) is -0.351. The summed E-state index contributed by atoms with van der Waals surface area (Å²) in [6, 6.07) is 13.6. The van der Waals surface area contributed by atoms with Crippen LogP contribution in [0.25, 0.3) is 0 Å². The van der Waals surface area contributed by atoms with Crippen LogP contribution in [0.3, 0.4) is 0 Å². The molecule has 1 fully saturated rings. The zero-order valence-corrected chi connectivity index (χ0v) is 14.2. The molecule has 0 spiro atoms. The smallest absolute Gasteiger partial charge is 0.227 e. The van der Waals surface area contributed by atoms with E-state index < -0.39 is 6.10 Å². The second-order valence-electron chi connectivity index (χ2n) is 6.43. The molecule has 25 heavy (non-hydrogen) atoms. The highest BCUT2D eigenvalue weighted by molar-refractivity contribution is 5.79. The normalized spacial score (nSPS) is 20.0. The third-order valence-corrected chi connectivity index (χ3v) is 4.51. The number of nitrogens with zero attached hydrogens (tertiary/aromatic N) is 1. The van der Waals surface area contributed by atoms with Crippen molar-refractivity contribution >= 4 is 5.91 Å².